The molecular weight excluding hydrogens is 307 g/mol. The molecule has 0 aliphatic heterocycles. The van der Waals surface area contributed by atoms with Gasteiger partial charge in [-0.2, -0.15) is 0 Å². The average molecular weight is 322 g/mol. The Morgan fingerprint density at radius 1 is 1.09 bits per heavy atom. The maximum Gasteiger partial charge on any atom is 0.248 e. The molecule has 2 aromatic carbocycles. The van der Waals surface area contributed by atoms with Crippen LogP contribution in [0.4, 0.5) is 10.1 Å². The molecule has 0 heterocycles. The first kappa shape index (κ1) is 16.0. The van der Waals surface area contributed by atoms with E-state index in [1.165, 1.54) is 52.8 Å². The second-order valence-electron chi connectivity index (χ2n) is 4.81. The molecule has 0 saturated heterocycles. The first-order valence-corrected chi connectivity index (χ1v) is 8.24. The van der Waals surface area contributed by atoms with E-state index in [1.807, 2.05) is 0 Å². The summed E-state index contributed by atoms with van der Waals surface area (Å²) in [5.74, 6) is -0.976. The zero-order chi connectivity index (χ0) is 16.3. The molecule has 0 atom stereocenters. The summed E-state index contributed by atoms with van der Waals surface area (Å²) in [7, 11) is -3.54. The molecule has 0 saturated carbocycles. The average Bonchev–Trinajstić information content (AvgIpc) is 2.45. The molecule has 0 aromatic heterocycles. The van der Waals surface area contributed by atoms with Crippen LogP contribution in [0.25, 0.3) is 0 Å². The summed E-state index contributed by atoms with van der Waals surface area (Å²) in [6, 6.07) is 11.5. The highest BCUT2D eigenvalue weighted by molar-refractivity contribution is 7.92. The molecule has 22 heavy (non-hydrogen) atoms. The number of nitrogens with two attached hydrogens (primary N) is 1. The van der Waals surface area contributed by atoms with Gasteiger partial charge >= 0.3 is 0 Å². The summed E-state index contributed by atoms with van der Waals surface area (Å²) in [6.45, 7) is 0.0645. The molecule has 0 spiro atoms. The number of anilines is 1. The Morgan fingerprint density at radius 2 is 1.64 bits per heavy atom. The van der Waals surface area contributed by atoms with Crippen LogP contribution in [0.3, 0.4) is 0 Å². The number of benzene rings is 2. The van der Waals surface area contributed by atoms with E-state index in [-0.39, 0.29) is 12.4 Å². The van der Waals surface area contributed by atoms with Crippen molar-refractivity contribution in [2.24, 2.45) is 5.73 Å². The first-order valence-electron chi connectivity index (χ1n) is 6.39. The molecule has 116 valence electrons. The maximum atomic E-state index is 12.9. The second-order valence-corrected chi connectivity index (χ2v) is 6.71. The van der Waals surface area contributed by atoms with Crippen molar-refractivity contribution in [2.75, 3.05) is 10.6 Å². The van der Waals surface area contributed by atoms with Crippen LogP contribution in [0, 0.1) is 5.82 Å². The molecule has 0 fully saturated rings. The van der Waals surface area contributed by atoms with Gasteiger partial charge in [-0.25, -0.2) is 12.8 Å². The fraction of sp³-hybridized carbons (Fsp3) is 0.133. The predicted octanol–water partition coefficient (Wildman–Crippen LogP) is 1.89. The lowest BCUT2D eigenvalue weighted by atomic mass is 10.2. The Balaban J connectivity index is 2.34. The molecule has 0 aliphatic carbocycles. The van der Waals surface area contributed by atoms with Gasteiger partial charge in [-0.05, 0) is 42.0 Å². The van der Waals surface area contributed by atoms with Crippen LogP contribution < -0.4 is 10.0 Å². The van der Waals surface area contributed by atoms with Gasteiger partial charge < -0.3 is 5.73 Å². The zero-order valence-corrected chi connectivity index (χ0v) is 12.7. The quantitative estimate of drug-likeness (QED) is 0.913. The van der Waals surface area contributed by atoms with Crippen LogP contribution in [-0.4, -0.2) is 20.6 Å². The van der Waals surface area contributed by atoms with Crippen molar-refractivity contribution in [3.8, 4) is 0 Å². The van der Waals surface area contributed by atoms with Crippen molar-refractivity contribution in [1.82, 2.24) is 0 Å². The van der Waals surface area contributed by atoms with Crippen molar-refractivity contribution < 1.29 is 17.6 Å². The molecule has 0 aliphatic rings. The topological polar surface area (TPSA) is 80.5 Å². The number of carbonyl (C=O) groups excluding carboxylic acids is 1. The van der Waals surface area contributed by atoms with Crippen LogP contribution in [0.2, 0.25) is 0 Å². The molecule has 0 bridgehead atoms. The third kappa shape index (κ3) is 3.82. The predicted molar refractivity (Wildman–Crippen MR) is 82.4 cm³/mol. The van der Waals surface area contributed by atoms with Crippen molar-refractivity contribution in [2.45, 2.75) is 6.54 Å². The van der Waals surface area contributed by atoms with Crippen LogP contribution in [0.5, 0.6) is 0 Å². The highest BCUT2D eigenvalue weighted by Crippen LogP contribution is 2.21. The van der Waals surface area contributed by atoms with Gasteiger partial charge in [-0.1, -0.05) is 12.1 Å². The number of amides is 1. The highest BCUT2D eigenvalue weighted by Gasteiger charge is 2.18. The van der Waals surface area contributed by atoms with E-state index < -0.39 is 15.9 Å². The Kier molecular flexibility index (Phi) is 4.46. The molecule has 2 aromatic rings. The minimum absolute atomic E-state index is 0.0645. The number of primary amides is 1. The Bertz CT molecular complexity index is 771. The zero-order valence-electron chi connectivity index (χ0n) is 11.9. The van der Waals surface area contributed by atoms with Gasteiger partial charge in [-0.15, -0.1) is 0 Å². The highest BCUT2D eigenvalue weighted by atomic mass is 32.2. The molecule has 0 radical (unpaired) electrons. The number of rotatable bonds is 5. The van der Waals surface area contributed by atoms with Crippen molar-refractivity contribution in [3.63, 3.8) is 0 Å². The molecule has 1 amide bonds. The van der Waals surface area contributed by atoms with Crippen LogP contribution in [0.1, 0.15) is 15.9 Å². The summed E-state index contributed by atoms with van der Waals surface area (Å²) in [5, 5.41) is 0. The lowest BCUT2D eigenvalue weighted by Gasteiger charge is -2.22. The fourth-order valence-corrected chi connectivity index (χ4v) is 2.84. The van der Waals surface area contributed by atoms with E-state index in [2.05, 4.69) is 0 Å². The third-order valence-electron chi connectivity index (χ3n) is 3.08. The lowest BCUT2D eigenvalue weighted by Crippen LogP contribution is -2.29. The van der Waals surface area contributed by atoms with Gasteiger partial charge in [0.15, 0.2) is 0 Å². The largest absolute Gasteiger partial charge is 0.366 e. The van der Waals surface area contributed by atoms with Gasteiger partial charge in [0.05, 0.1) is 18.5 Å². The molecule has 5 nitrogen and oxygen atoms in total. The molecule has 2 N–H and O–H groups in total. The maximum absolute atomic E-state index is 12.9. The second kappa shape index (κ2) is 6.15. The summed E-state index contributed by atoms with van der Waals surface area (Å²) in [4.78, 5) is 11.1. The number of sulfonamides is 1. The van der Waals surface area contributed by atoms with Gasteiger partial charge in [0.25, 0.3) is 0 Å². The monoisotopic (exact) mass is 322 g/mol. The van der Waals surface area contributed by atoms with Gasteiger partial charge in [0.1, 0.15) is 5.82 Å². The number of hydrogen-bond acceptors (Lipinski definition) is 3. The van der Waals surface area contributed by atoms with E-state index in [9.17, 15) is 17.6 Å². The van der Waals surface area contributed by atoms with E-state index in [1.54, 1.807) is 0 Å². The molecule has 2 rings (SSSR count). The first-order chi connectivity index (χ1) is 10.3. The Morgan fingerprint density at radius 3 is 2.09 bits per heavy atom. The lowest BCUT2D eigenvalue weighted by molar-refractivity contribution is 0.100. The van der Waals surface area contributed by atoms with Crippen molar-refractivity contribution in [3.05, 3.63) is 65.5 Å². The summed E-state index contributed by atoms with van der Waals surface area (Å²) >= 11 is 0. The standard InChI is InChI=1S/C15H15FN2O3S/c1-22(20,21)18(10-11-2-6-13(16)7-3-11)14-8-4-12(5-9-14)15(17)19/h2-9H,10H2,1H3,(H2,17,19). The molecular formula is C15H15FN2O3S. The van der Waals surface area contributed by atoms with Gasteiger partial charge in [0.2, 0.25) is 15.9 Å². The number of hydrogen-bond donors (Lipinski definition) is 1. The number of carbonyl (C=O) groups is 1. The summed E-state index contributed by atoms with van der Waals surface area (Å²) in [6.07, 6.45) is 1.08. The van der Waals surface area contributed by atoms with E-state index in [4.69, 9.17) is 5.73 Å². The number of halogens is 1. The SMILES string of the molecule is CS(=O)(=O)N(Cc1ccc(F)cc1)c1ccc(C(N)=O)cc1. The van der Waals surface area contributed by atoms with E-state index in [0.29, 0.717) is 16.8 Å². The molecule has 7 heteroatoms. The summed E-state index contributed by atoms with van der Waals surface area (Å²) in [5.41, 5.74) is 6.49. The normalized spacial score (nSPS) is 11.2. The third-order valence-corrected chi connectivity index (χ3v) is 4.22. The van der Waals surface area contributed by atoms with Gasteiger partial charge in [-0.3, -0.25) is 9.10 Å². The molecule has 0 unspecified atom stereocenters. The minimum atomic E-state index is -3.54. The summed E-state index contributed by atoms with van der Waals surface area (Å²) < 4.78 is 38.1. The van der Waals surface area contributed by atoms with E-state index in [0.717, 1.165) is 6.26 Å². The van der Waals surface area contributed by atoms with Gasteiger partial charge in [0, 0.05) is 5.56 Å². The van der Waals surface area contributed by atoms with E-state index >= 15 is 0 Å². The number of nitrogens with zero attached hydrogens (tertiary/aromatic N) is 1. The van der Waals surface area contributed by atoms with Crippen LogP contribution >= 0.6 is 0 Å². The van der Waals surface area contributed by atoms with Crippen molar-refractivity contribution in [1.29, 1.82) is 0 Å². The Hall–Kier alpha value is -2.41. The van der Waals surface area contributed by atoms with Crippen LogP contribution in [-0.2, 0) is 16.6 Å². The van der Waals surface area contributed by atoms with Crippen molar-refractivity contribution >= 4 is 21.6 Å². The smallest absolute Gasteiger partial charge is 0.248 e. The fourth-order valence-electron chi connectivity index (χ4n) is 1.95. The minimum Gasteiger partial charge on any atom is -0.366 e. The Labute approximate surface area is 128 Å². The van der Waals surface area contributed by atoms with Crippen LogP contribution in [0.15, 0.2) is 48.5 Å².